The molecular formula is C14H10N4. The van der Waals surface area contributed by atoms with Crippen molar-refractivity contribution < 1.29 is 0 Å². The van der Waals surface area contributed by atoms with Crippen molar-refractivity contribution in [1.29, 1.82) is 0 Å². The van der Waals surface area contributed by atoms with Crippen molar-refractivity contribution >= 4 is 21.9 Å². The SMILES string of the molecule is c1ccc2nn(-c3nc4ccccc4[nH]3)cc2c1. The van der Waals surface area contributed by atoms with E-state index in [1.165, 1.54) is 0 Å². The number of para-hydroxylation sites is 2. The molecule has 0 spiro atoms. The number of hydrogen-bond donors (Lipinski definition) is 1. The molecule has 0 saturated heterocycles. The zero-order valence-electron chi connectivity index (χ0n) is 9.54. The molecule has 4 aromatic rings. The summed E-state index contributed by atoms with van der Waals surface area (Å²) in [6.45, 7) is 0. The van der Waals surface area contributed by atoms with Crippen LogP contribution in [-0.4, -0.2) is 19.7 Å². The number of H-pyrrole nitrogens is 1. The lowest BCUT2D eigenvalue weighted by Crippen LogP contribution is -1.96. The predicted octanol–water partition coefficient (Wildman–Crippen LogP) is 2.90. The van der Waals surface area contributed by atoms with Gasteiger partial charge in [-0.2, -0.15) is 5.10 Å². The molecule has 4 heteroatoms. The van der Waals surface area contributed by atoms with Crippen LogP contribution in [-0.2, 0) is 0 Å². The van der Waals surface area contributed by atoms with Crippen molar-refractivity contribution in [2.45, 2.75) is 0 Å². The van der Waals surface area contributed by atoms with Gasteiger partial charge < -0.3 is 4.98 Å². The standard InChI is InChI=1S/C14H10N4/c1-2-6-11-10(5-1)9-18(17-11)14-15-12-7-3-4-8-13(12)16-14/h1-9H,(H,15,16). The lowest BCUT2D eigenvalue weighted by atomic mass is 10.3. The van der Waals surface area contributed by atoms with Crippen LogP contribution in [0.3, 0.4) is 0 Å². The monoisotopic (exact) mass is 234 g/mol. The van der Waals surface area contributed by atoms with Crippen molar-refractivity contribution in [3.8, 4) is 5.95 Å². The van der Waals surface area contributed by atoms with Crippen LogP contribution in [0.2, 0.25) is 0 Å². The van der Waals surface area contributed by atoms with Gasteiger partial charge in [-0.05, 0) is 18.2 Å². The molecule has 2 heterocycles. The summed E-state index contributed by atoms with van der Waals surface area (Å²) in [6, 6.07) is 16.0. The number of imidazole rings is 1. The largest absolute Gasteiger partial charge is 0.322 e. The number of nitrogens with one attached hydrogen (secondary N) is 1. The van der Waals surface area contributed by atoms with Crippen molar-refractivity contribution in [3.05, 3.63) is 54.7 Å². The van der Waals surface area contributed by atoms with Gasteiger partial charge in [0, 0.05) is 11.6 Å². The van der Waals surface area contributed by atoms with Crippen LogP contribution in [0.4, 0.5) is 0 Å². The zero-order chi connectivity index (χ0) is 11.9. The number of aromatic amines is 1. The Hall–Kier alpha value is -2.62. The molecule has 0 atom stereocenters. The maximum absolute atomic E-state index is 4.52. The van der Waals surface area contributed by atoms with Crippen LogP contribution in [0.15, 0.2) is 54.7 Å². The summed E-state index contributed by atoms with van der Waals surface area (Å²) < 4.78 is 1.78. The summed E-state index contributed by atoms with van der Waals surface area (Å²) in [5.41, 5.74) is 2.94. The van der Waals surface area contributed by atoms with Gasteiger partial charge in [-0.25, -0.2) is 9.67 Å². The Bertz CT molecular complexity index is 703. The normalized spacial score (nSPS) is 11.3. The third kappa shape index (κ3) is 1.32. The Morgan fingerprint density at radius 3 is 2.50 bits per heavy atom. The fourth-order valence-electron chi connectivity index (χ4n) is 2.12. The van der Waals surface area contributed by atoms with Gasteiger partial charge in [0.1, 0.15) is 0 Å². The first-order chi connectivity index (χ1) is 8.90. The summed E-state index contributed by atoms with van der Waals surface area (Å²) >= 11 is 0. The van der Waals surface area contributed by atoms with Gasteiger partial charge in [0.2, 0.25) is 5.95 Å². The van der Waals surface area contributed by atoms with Crippen molar-refractivity contribution in [2.75, 3.05) is 0 Å². The molecule has 0 radical (unpaired) electrons. The van der Waals surface area contributed by atoms with Gasteiger partial charge in [0.05, 0.1) is 16.6 Å². The molecule has 2 aromatic heterocycles. The summed E-state index contributed by atoms with van der Waals surface area (Å²) in [6.07, 6.45) is 1.98. The molecule has 0 fully saturated rings. The molecule has 0 saturated carbocycles. The van der Waals surface area contributed by atoms with E-state index in [0.29, 0.717) is 0 Å². The molecular weight excluding hydrogens is 224 g/mol. The first-order valence-corrected chi connectivity index (χ1v) is 5.80. The van der Waals surface area contributed by atoms with Gasteiger partial charge in [-0.15, -0.1) is 0 Å². The Morgan fingerprint density at radius 2 is 1.67 bits per heavy atom. The van der Waals surface area contributed by atoms with Crippen LogP contribution in [0.1, 0.15) is 0 Å². The summed E-state index contributed by atoms with van der Waals surface area (Å²) in [5.74, 6) is 0.743. The second kappa shape index (κ2) is 3.43. The Kier molecular flexibility index (Phi) is 1.80. The summed E-state index contributed by atoms with van der Waals surface area (Å²) in [4.78, 5) is 7.79. The van der Waals surface area contributed by atoms with E-state index < -0.39 is 0 Å². The molecule has 2 aromatic carbocycles. The molecule has 0 amide bonds. The van der Waals surface area contributed by atoms with E-state index in [1.807, 2.05) is 54.7 Å². The first-order valence-electron chi connectivity index (χ1n) is 5.80. The summed E-state index contributed by atoms with van der Waals surface area (Å²) in [5, 5.41) is 5.61. The highest BCUT2D eigenvalue weighted by atomic mass is 15.3. The third-order valence-corrected chi connectivity index (χ3v) is 3.01. The topological polar surface area (TPSA) is 46.5 Å². The van der Waals surface area contributed by atoms with Crippen molar-refractivity contribution in [1.82, 2.24) is 19.7 Å². The Morgan fingerprint density at radius 1 is 0.889 bits per heavy atom. The number of rotatable bonds is 1. The Labute approximate surface area is 103 Å². The minimum Gasteiger partial charge on any atom is -0.322 e. The number of aromatic nitrogens is 4. The number of fused-ring (bicyclic) bond motifs is 2. The average Bonchev–Trinajstić information content (AvgIpc) is 3.02. The molecule has 0 aliphatic carbocycles. The second-order valence-electron chi connectivity index (χ2n) is 4.21. The van der Waals surface area contributed by atoms with Crippen LogP contribution in [0.5, 0.6) is 0 Å². The van der Waals surface area contributed by atoms with Crippen molar-refractivity contribution in [2.24, 2.45) is 0 Å². The average molecular weight is 234 g/mol. The lowest BCUT2D eigenvalue weighted by molar-refractivity contribution is 0.841. The molecule has 86 valence electrons. The molecule has 18 heavy (non-hydrogen) atoms. The van der Waals surface area contributed by atoms with Gasteiger partial charge >= 0.3 is 0 Å². The van der Waals surface area contributed by atoms with E-state index in [1.54, 1.807) is 4.68 Å². The molecule has 0 aliphatic heterocycles. The summed E-state index contributed by atoms with van der Waals surface area (Å²) in [7, 11) is 0. The minimum atomic E-state index is 0.743. The lowest BCUT2D eigenvalue weighted by Gasteiger charge is -1.91. The van der Waals surface area contributed by atoms with E-state index in [4.69, 9.17) is 0 Å². The smallest absolute Gasteiger partial charge is 0.229 e. The van der Waals surface area contributed by atoms with Crippen LogP contribution in [0, 0.1) is 0 Å². The van der Waals surface area contributed by atoms with Crippen LogP contribution < -0.4 is 0 Å². The molecule has 4 nitrogen and oxygen atoms in total. The fraction of sp³-hybridized carbons (Fsp3) is 0. The molecule has 0 bridgehead atoms. The molecule has 0 aliphatic rings. The quantitative estimate of drug-likeness (QED) is 0.550. The highest BCUT2D eigenvalue weighted by Gasteiger charge is 2.06. The fourth-order valence-corrected chi connectivity index (χ4v) is 2.12. The number of benzene rings is 2. The van der Waals surface area contributed by atoms with Gasteiger partial charge in [-0.3, -0.25) is 0 Å². The van der Waals surface area contributed by atoms with E-state index in [2.05, 4.69) is 15.1 Å². The zero-order valence-corrected chi connectivity index (χ0v) is 9.54. The highest BCUT2D eigenvalue weighted by Crippen LogP contribution is 2.16. The third-order valence-electron chi connectivity index (χ3n) is 3.01. The Balaban J connectivity index is 1.95. The van der Waals surface area contributed by atoms with Crippen molar-refractivity contribution in [3.63, 3.8) is 0 Å². The molecule has 1 N–H and O–H groups in total. The van der Waals surface area contributed by atoms with E-state index >= 15 is 0 Å². The van der Waals surface area contributed by atoms with Gasteiger partial charge in [-0.1, -0.05) is 30.3 Å². The number of nitrogens with zero attached hydrogens (tertiary/aromatic N) is 3. The van der Waals surface area contributed by atoms with Gasteiger partial charge in [0.25, 0.3) is 0 Å². The number of hydrogen-bond acceptors (Lipinski definition) is 2. The highest BCUT2D eigenvalue weighted by molar-refractivity contribution is 5.79. The predicted molar refractivity (Wildman–Crippen MR) is 70.7 cm³/mol. The van der Waals surface area contributed by atoms with Crippen LogP contribution in [0.25, 0.3) is 27.9 Å². The molecule has 0 unspecified atom stereocenters. The first kappa shape index (κ1) is 9.41. The minimum absolute atomic E-state index is 0.743. The second-order valence-corrected chi connectivity index (χ2v) is 4.21. The van der Waals surface area contributed by atoms with Gasteiger partial charge in [0.15, 0.2) is 0 Å². The maximum atomic E-state index is 4.52. The molecule has 4 rings (SSSR count). The van der Waals surface area contributed by atoms with E-state index in [-0.39, 0.29) is 0 Å². The van der Waals surface area contributed by atoms with Crippen LogP contribution >= 0.6 is 0 Å². The maximum Gasteiger partial charge on any atom is 0.229 e. The van der Waals surface area contributed by atoms with E-state index in [0.717, 1.165) is 27.9 Å². The van der Waals surface area contributed by atoms with E-state index in [9.17, 15) is 0 Å².